The molecule has 5 aromatic carbocycles. The van der Waals surface area contributed by atoms with Gasteiger partial charge in [0.05, 0.1) is 0 Å². The number of methoxy groups -OCH3 is 1. The minimum atomic E-state index is -0.711. The summed E-state index contributed by atoms with van der Waals surface area (Å²) in [5.74, 6) is 0. The smallest absolute Gasteiger partial charge is 0.143 e. The highest BCUT2D eigenvalue weighted by Crippen LogP contribution is 2.43. The lowest BCUT2D eigenvalue weighted by Crippen LogP contribution is -2.31. The molecule has 0 saturated carbocycles. The van der Waals surface area contributed by atoms with Crippen LogP contribution < -0.4 is 0 Å². The Morgan fingerprint density at radius 3 is 1.74 bits per heavy atom. The van der Waals surface area contributed by atoms with E-state index in [1.54, 1.807) is 7.11 Å². The molecule has 0 bridgehead atoms. The lowest BCUT2D eigenvalue weighted by atomic mass is 9.78. The normalized spacial score (nSPS) is 13.1. The summed E-state index contributed by atoms with van der Waals surface area (Å²) in [5.41, 5.74) is 5.06. The Hall–Kier alpha value is -3.68. The number of rotatable bonds is 5. The van der Waals surface area contributed by atoms with Crippen molar-refractivity contribution in [2.75, 3.05) is 7.11 Å². The lowest BCUT2D eigenvalue weighted by molar-refractivity contribution is 0.0598. The summed E-state index contributed by atoms with van der Waals surface area (Å²) in [6, 6.07) is 44.7. The first kappa shape index (κ1) is 19.3. The van der Waals surface area contributed by atoms with Crippen molar-refractivity contribution >= 4 is 10.8 Å². The van der Waals surface area contributed by atoms with Gasteiger partial charge in [0.1, 0.15) is 5.60 Å². The summed E-state index contributed by atoms with van der Waals surface area (Å²) >= 11 is 0. The molecule has 0 heterocycles. The van der Waals surface area contributed by atoms with Crippen molar-refractivity contribution < 1.29 is 4.74 Å². The highest BCUT2D eigenvalue weighted by molar-refractivity contribution is 5.87. The first-order valence-electron chi connectivity index (χ1n) is 10.6. The van der Waals surface area contributed by atoms with Crippen LogP contribution in [0.5, 0.6) is 0 Å². The summed E-state index contributed by atoms with van der Waals surface area (Å²) in [6.07, 6.45) is 0. The molecule has 0 saturated heterocycles. The van der Waals surface area contributed by atoms with E-state index in [1.807, 2.05) is 12.1 Å². The maximum Gasteiger partial charge on any atom is 0.143 e. The van der Waals surface area contributed by atoms with Gasteiger partial charge in [-0.05, 0) is 33.0 Å². The second-order valence-corrected chi connectivity index (χ2v) is 7.72. The largest absolute Gasteiger partial charge is 0.364 e. The van der Waals surface area contributed by atoms with Crippen molar-refractivity contribution in [2.24, 2.45) is 0 Å². The average Bonchev–Trinajstić information content (AvgIpc) is 2.86. The van der Waals surface area contributed by atoms with E-state index >= 15 is 0 Å². The van der Waals surface area contributed by atoms with Crippen LogP contribution in [-0.2, 0) is 10.3 Å². The van der Waals surface area contributed by atoms with Gasteiger partial charge in [-0.25, -0.2) is 0 Å². The third-order valence-electron chi connectivity index (χ3n) is 6.05. The van der Waals surface area contributed by atoms with Crippen LogP contribution in [0.15, 0.2) is 127 Å². The summed E-state index contributed by atoms with van der Waals surface area (Å²) in [5, 5.41) is 2.40. The van der Waals surface area contributed by atoms with Crippen LogP contribution in [0, 0.1) is 0 Å². The molecule has 0 amide bonds. The van der Waals surface area contributed by atoms with Gasteiger partial charge in [-0.2, -0.15) is 0 Å². The highest BCUT2D eigenvalue weighted by atomic mass is 16.5. The van der Waals surface area contributed by atoms with E-state index in [1.165, 1.54) is 21.9 Å². The summed E-state index contributed by atoms with van der Waals surface area (Å²) < 4.78 is 6.45. The predicted molar refractivity (Wildman–Crippen MR) is 129 cm³/mol. The van der Waals surface area contributed by atoms with Crippen molar-refractivity contribution in [3.05, 3.63) is 144 Å². The first-order chi connectivity index (χ1) is 15.3. The van der Waals surface area contributed by atoms with Crippen LogP contribution >= 0.6 is 0 Å². The second kappa shape index (κ2) is 8.22. The van der Waals surface area contributed by atoms with E-state index in [4.69, 9.17) is 4.74 Å². The molecule has 0 fully saturated rings. The summed E-state index contributed by atoms with van der Waals surface area (Å²) in [7, 11) is 1.81. The molecule has 150 valence electrons. The molecular weight excluding hydrogens is 376 g/mol. The van der Waals surface area contributed by atoms with E-state index in [9.17, 15) is 0 Å². The minimum absolute atomic E-state index is 0.711. The molecule has 1 nitrogen and oxygen atoms in total. The minimum Gasteiger partial charge on any atom is -0.364 e. The van der Waals surface area contributed by atoms with Gasteiger partial charge in [-0.1, -0.05) is 127 Å². The second-order valence-electron chi connectivity index (χ2n) is 7.72. The van der Waals surface area contributed by atoms with Gasteiger partial charge in [0.25, 0.3) is 0 Å². The standard InChI is InChI=1S/C30H24O/c1-31-30(26-15-6-3-7-16-26,29-18-10-14-25-13-8-9-17-28(25)29)27-21-19-24(20-22-27)23-11-4-2-5-12-23/h2-22H,1H3/t30-/m0/s1. The van der Waals surface area contributed by atoms with Gasteiger partial charge < -0.3 is 4.74 Å². The van der Waals surface area contributed by atoms with Gasteiger partial charge in [-0.3, -0.25) is 0 Å². The van der Waals surface area contributed by atoms with E-state index < -0.39 is 5.60 Å². The van der Waals surface area contributed by atoms with E-state index in [0.717, 1.165) is 16.7 Å². The zero-order chi connectivity index (χ0) is 21.1. The fraction of sp³-hybridized carbons (Fsp3) is 0.0667. The maximum absolute atomic E-state index is 6.45. The Labute approximate surface area is 183 Å². The lowest BCUT2D eigenvalue weighted by Gasteiger charge is -2.35. The number of benzene rings is 5. The molecule has 1 atom stereocenters. The van der Waals surface area contributed by atoms with E-state index in [-0.39, 0.29) is 0 Å². The monoisotopic (exact) mass is 400 g/mol. The zero-order valence-corrected chi connectivity index (χ0v) is 17.5. The van der Waals surface area contributed by atoms with Crippen molar-refractivity contribution in [2.45, 2.75) is 5.60 Å². The van der Waals surface area contributed by atoms with Crippen molar-refractivity contribution in [1.82, 2.24) is 0 Å². The highest BCUT2D eigenvalue weighted by Gasteiger charge is 2.37. The molecule has 0 N–H and O–H groups in total. The molecule has 31 heavy (non-hydrogen) atoms. The number of ether oxygens (including phenoxy) is 1. The molecular formula is C30H24O. The third-order valence-corrected chi connectivity index (χ3v) is 6.05. The number of hydrogen-bond donors (Lipinski definition) is 0. The van der Waals surface area contributed by atoms with Crippen LogP contribution in [0.3, 0.4) is 0 Å². The van der Waals surface area contributed by atoms with Gasteiger partial charge in [0, 0.05) is 12.7 Å². The van der Waals surface area contributed by atoms with Crippen LogP contribution in [0.2, 0.25) is 0 Å². The zero-order valence-electron chi connectivity index (χ0n) is 17.5. The molecule has 1 heteroatoms. The van der Waals surface area contributed by atoms with Gasteiger partial charge in [0.15, 0.2) is 0 Å². The molecule has 0 aliphatic rings. The number of fused-ring (bicyclic) bond motifs is 1. The molecule has 0 aliphatic carbocycles. The van der Waals surface area contributed by atoms with Crippen LogP contribution in [0.4, 0.5) is 0 Å². The molecule has 5 rings (SSSR count). The third kappa shape index (κ3) is 3.34. The van der Waals surface area contributed by atoms with Gasteiger partial charge in [0.2, 0.25) is 0 Å². The Balaban J connectivity index is 1.76. The van der Waals surface area contributed by atoms with Crippen LogP contribution in [0.25, 0.3) is 21.9 Å². The summed E-state index contributed by atoms with van der Waals surface area (Å²) in [6.45, 7) is 0. The topological polar surface area (TPSA) is 9.23 Å². The SMILES string of the molecule is CO[C@@](c1ccccc1)(c1ccc(-c2ccccc2)cc1)c1cccc2ccccc12. The Morgan fingerprint density at radius 2 is 1.03 bits per heavy atom. The first-order valence-corrected chi connectivity index (χ1v) is 10.6. The Bertz CT molecular complexity index is 1290. The van der Waals surface area contributed by atoms with E-state index in [2.05, 4.69) is 115 Å². The molecule has 0 aliphatic heterocycles. The van der Waals surface area contributed by atoms with Crippen molar-refractivity contribution in [1.29, 1.82) is 0 Å². The predicted octanol–water partition coefficient (Wildman–Crippen LogP) is 7.45. The quantitative estimate of drug-likeness (QED) is 0.278. The van der Waals surface area contributed by atoms with Gasteiger partial charge >= 0.3 is 0 Å². The molecule has 0 radical (unpaired) electrons. The molecule has 0 spiro atoms. The van der Waals surface area contributed by atoms with Crippen molar-refractivity contribution in [3.63, 3.8) is 0 Å². The van der Waals surface area contributed by atoms with Crippen molar-refractivity contribution in [3.8, 4) is 11.1 Å². The Morgan fingerprint density at radius 1 is 0.484 bits per heavy atom. The molecule has 5 aromatic rings. The van der Waals surface area contributed by atoms with E-state index in [0.29, 0.717) is 0 Å². The average molecular weight is 401 g/mol. The van der Waals surface area contributed by atoms with Crippen LogP contribution in [0.1, 0.15) is 16.7 Å². The van der Waals surface area contributed by atoms with Crippen LogP contribution in [-0.4, -0.2) is 7.11 Å². The number of hydrogen-bond acceptors (Lipinski definition) is 1. The molecule has 0 unspecified atom stereocenters. The van der Waals surface area contributed by atoms with Gasteiger partial charge in [-0.15, -0.1) is 0 Å². The fourth-order valence-electron chi connectivity index (χ4n) is 4.56. The molecule has 0 aromatic heterocycles. The fourth-order valence-corrected chi connectivity index (χ4v) is 4.56. The maximum atomic E-state index is 6.45. The summed E-state index contributed by atoms with van der Waals surface area (Å²) in [4.78, 5) is 0. The Kier molecular flexibility index (Phi) is 5.11.